The van der Waals surface area contributed by atoms with E-state index in [2.05, 4.69) is 4.90 Å². The zero-order chi connectivity index (χ0) is 37.5. The van der Waals surface area contributed by atoms with Crippen LogP contribution in [0.2, 0.25) is 10.0 Å². The van der Waals surface area contributed by atoms with Crippen LogP contribution in [0.3, 0.4) is 0 Å². The maximum Gasteiger partial charge on any atom is 0.314 e. The number of hydrogen-bond donors (Lipinski definition) is 2. The number of nitrogens with two attached hydrogens (primary N) is 1. The number of primary amides is 1. The number of amides is 3. The molecule has 3 saturated heterocycles. The Morgan fingerprint density at radius 3 is 1.92 bits per heavy atom. The van der Waals surface area contributed by atoms with Gasteiger partial charge in [0.1, 0.15) is 0 Å². The molecule has 280 valence electrons. The van der Waals surface area contributed by atoms with Gasteiger partial charge >= 0.3 is 12.0 Å². The van der Waals surface area contributed by atoms with E-state index in [1.165, 1.54) is 21.3 Å². The third-order valence-electron chi connectivity index (χ3n) is 10.9. The molecule has 3 aromatic rings. The molecule has 3 fully saturated rings. The molecule has 0 unspecified atom stereocenters. The lowest BCUT2D eigenvalue weighted by Crippen LogP contribution is -2.48. The Labute approximate surface area is 315 Å². The van der Waals surface area contributed by atoms with Gasteiger partial charge in [0.2, 0.25) is 5.75 Å². The Hall–Kier alpha value is -4.19. The number of rotatable bonds is 10. The third-order valence-corrected chi connectivity index (χ3v) is 11.6. The molecule has 13 heteroatoms. The molecule has 3 amide bonds. The lowest BCUT2D eigenvalue weighted by molar-refractivity contribution is -0.146. The predicted octanol–water partition coefficient (Wildman–Crippen LogP) is 6.47. The summed E-state index contributed by atoms with van der Waals surface area (Å²) in [6, 6.07) is 18.4. The Kier molecular flexibility index (Phi) is 12.8. The standard InChI is InChI=1S/C34H38Cl2N2O6.C5H10N2O/c1-42-28-19-23(20-29(43-2)30(28)44-3)31(39)38-18-12-33(22-38,25-9-10-26(35)27(36)21-25)11-15-37-16-13-34(14-17-37,32(40)41)24-7-5-4-6-8-24;6-5(8)7-3-1-2-4-7/h4-10,19-21H,11-18,22H2,1-3H3,(H,40,41);1-4H2,(H2,6,8)/t33-;/m0./s1. The Morgan fingerprint density at radius 1 is 0.769 bits per heavy atom. The molecule has 3 aromatic carbocycles. The van der Waals surface area contributed by atoms with Crippen LogP contribution in [0.25, 0.3) is 0 Å². The first-order valence-corrected chi connectivity index (χ1v) is 18.3. The van der Waals surface area contributed by atoms with Crippen molar-refractivity contribution in [2.45, 2.75) is 49.4 Å². The fourth-order valence-corrected chi connectivity index (χ4v) is 7.99. The highest BCUT2D eigenvalue weighted by atomic mass is 35.5. The Bertz CT molecular complexity index is 1700. The first-order valence-electron chi connectivity index (χ1n) is 17.6. The van der Waals surface area contributed by atoms with Crippen LogP contribution < -0.4 is 19.9 Å². The summed E-state index contributed by atoms with van der Waals surface area (Å²) in [6.45, 7) is 4.88. The number of halogens is 2. The smallest absolute Gasteiger partial charge is 0.314 e. The summed E-state index contributed by atoms with van der Waals surface area (Å²) in [7, 11) is 4.58. The molecule has 0 aromatic heterocycles. The minimum atomic E-state index is -0.879. The number of carboxylic acid groups (broad SMARTS) is 1. The van der Waals surface area contributed by atoms with Gasteiger partial charge in [0.05, 0.1) is 36.8 Å². The van der Waals surface area contributed by atoms with Gasteiger partial charge in [0.25, 0.3) is 5.91 Å². The van der Waals surface area contributed by atoms with E-state index in [9.17, 15) is 19.5 Å². The van der Waals surface area contributed by atoms with E-state index < -0.39 is 11.4 Å². The molecule has 0 saturated carbocycles. The molecular formula is C39H48Cl2N4O7. The molecule has 3 aliphatic rings. The highest BCUT2D eigenvalue weighted by Crippen LogP contribution is 2.43. The molecule has 0 bridgehead atoms. The summed E-state index contributed by atoms with van der Waals surface area (Å²) in [6.07, 6.45) is 4.83. The van der Waals surface area contributed by atoms with Crippen LogP contribution >= 0.6 is 23.2 Å². The number of carbonyl (C=O) groups excluding carboxylic acids is 2. The summed E-state index contributed by atoms with van der Waals surface area (Å²) in [5.41, 5.74) is 6.09. The number of nitrogens with zero attached hydrogens (tertiary/aromatic N) is 3. The van der Waals surface area contributed by atoms with E-state index in [1.54, 1.807) is 17.0 Å². The summed E-state index contributed by atoms with van der Waals surface area (Å²) in [4.78, 5) is 42.6. The van der Waals surface area contributed by atoms with Crippen molar-refractivity contribution < 1.29 is 33.7 Å². The monoisotopic (exact) mass is 754 g/mol. The van der Waals surface area contributed by atoms with Crippen molar-refractivity contribution >= 4 is 41.1 Å². The zero-order valence-corrected chi connectivity index (χ0v) is 31.5. The number of benzene rings is 3. The second-order valence-electron chi connectivity index (χ2n) is 13.7. The fourth-order valence-electron chi connectivity index (χ4n) is 7.69. The lowest BCUT2D eigenvalue weighted by atomic mass is 9.72. The van der Waals surface area contributed by atoms with Crippen molar-refractivity contribution in [3.8, 4) is 17.2 Å². The lowest BCUT2D eigenvalue weighted by Gasteiger charge is -2.40. The van der Waals surface area contributed by atoms with E-state index in [-0.39, 0.29) is 17.4 Å². The first kappa shape index (κ1) is 39.0. The zero-order valence-electron chi connectivity index (χ0n) is 30.0. The third kappa shape index (κ3) is 8.37. The predicted molar refractivity (Wildman–Crippen MR) is 201 cm³/mol. The van der Waals surface area contributed by atoms with Crippen LogP contribution in [0.1, 0.15) is 60.0 Å². The van der Waals surface area contributed by atoms with Gasteiger partial charge in [0.15, 0.2) is 11.5 Å². The van der Waals surface area contributed by atoms with Crippen molar-refractivity contribution in [2.24, 2.45) is 5.73 Å². The number of methoxy groups -OCH3 is 3. The number of carbonyl (C=O) groups is 3. The van der Waals surface area contributed by atoms with Crippen molar-refractivity contribution in [3.05, 3.63) is 87.4 Å². The van der Waals surface area contributed by atoms with Gasteiger partial charge < -0.3 is 39.8 Å². The summed E-state index contributed by atoms with van der Waals surface area (Å²) in [5, 5.41) is 11.2. The van der Waals surface area contributed by atoms with Crippen molar-refractivity contribution in [1.29, 1.82) is 0 Å². The summed E-state index contributed by atoms with van der Waals surface area (Å²) >= 11 is 12.8. The van der Waals surface area contributed by atoms with Gasteiger partial charge in [-0.3, -0.25) is 9.59 Å². The Morgan fingerprint density at radius 2 is 1.40 bits per heavy atom. The highest BCUT2D eigenvalue weighted by molar-refractivity contribution is 6.42. The molecule has 1 atom stereocenters. The SMILES string of the molecule is COc1cc(C(=O)N2CC[C@](CCN3CCC(C(=O)O)(c4ccccc4)CC3)(c3ccc(Cl)c(Cl)c3)C2)cc(OC)c1OC.NC(=O)N1CCCC1. The summed E-state index contributed by atoms with van der Waals surface area (Å²) < 4.78 is 16.4. The number of ether oxygens (including phenoxy) is 3. The van der Waals surface area contributed by atoms with Crippen LogP contribution in [0, 0.1) is 0 Å². The first-order chi connectivity index (χ1) is 25.0. The molecular weight excluding hydrogens is 707 g/mol. The van der Waals surface area contributed by atoms with E-state index in [1.807, 2.05) is 53.4 Å². The molecule has 11 nitrogen and oxygen atoms in total. The second-order valence-corrected chi connectivity index (χ2v) is 14.5. The van der Waals surface area contributed by atoms with E-state index >= 15 is 0 Å². The molecule has 0 spiro atoms. The van der Waals surface area contributed by atoms with Gasteiger partial charge in [0, 0.05) is 37.2 Å². The average Bonchev–Trinajstić information content (AvgIpc) is 3.87. The van der Waals surface area contributed by atoms with E-state index in [4.69, 9.17) is 43.1 Å². The van der Waals surface area contributed by atoms with Gasteiger partial charge in [-0.05, 0) is 93.6 Å². The second kappa shape index (κ2) is 17.1. The molecule has 0 aliphatic carbocycles. The molecule has 3 heterocycles. The van der Waals surface area contributed by atoms with Crippen LogP contribution in [0.5, 0.6) is 17.2 Å². The number of hydrogen-bond acceptors (Lipinski definition) is 7. The molecule has 3 N–H and O–H groups in total. The largest absolute Gasteiger partial charge is 0.493 e. The van der Waals surface area contributed by atoms with Crippen LogP contribution in [0.15, 0.2) is 60.7 Å². The van der Waals surface area contributed by atoms with Crippen LogP contribution in [-0.2, 0) is 15.6 Å². The molecule has 6 rings (SSSR count). The highest BCUT2D eigenvalue weighted by Gasteiger charge is 2.45. The number of aliphatic carboxylic acids is 1. The Balaban J connectivity index is 0.000000577. The maximum absolute atomic E-state index is 13.9. The normalized spacial score (nSPS) is 19.8. The molecule has 0 radical (unpaired) electrons. The van der Waals surface area contributed by atoms with E-state index in [0.717, 1.165) is 56.4 Å². The van der Waals surface area contributed by atoms with Gasteiger partial charge in [-0.1, -0.05) is 59.6 Å². The van der Waals surface area contributed by atoms with Gasteiger partial charge in [-0.25, -0.2) is 4.79 Å². The van der Waals surface area contributed by atoms with Gasteiger partial charge in [-0.2, -0.15) is 0 Å². The topological polar surface area (TPSA) is 135 Å². The number of carboxylic acids is 1. The summed E-state index contributed by atoms with van der Waals surface area (Å²) in [5.74, 6) is 0.371. The minimum Gasteiger partial charge on any atom is -0.493 e. The molecule has 3 aliphatic heterocycles. The quantitative estimate of drug-likeness (QED) is 0.241. The van der Waals surface area contributed by atoms with Gasteiger partial charge in [-0.15, -0.1) is 0 Å². The van der Waals surface area contributed by atoms with E-state index in [0.29, 0.717) is 71.9 Å². The molecule has 52 heavy (non-hydrogen) atoms. The number of piperidine rings is 1. The van der Waals surface area contributed by atoms with Crippen molar-refractivity contribution in [1.82, 2.24) is 14.7 Å². The fraction of sp³-hybridized carbons (Fsp3) is 0.462. The maximum atomic E-state index is 13.9. The number of urea groups is 1. The van der Waals surface area contributed by atoms with Crippen molar-refractivity contribution in [2.75, 3.05) is 67.1 Å². The minimum absolute atomic E-state index is 0.127. The number of likely N-dealkylation sites (tertiary alicyclic amines) is 3. The van der Waals surface area contributed by atoms with Crippen LogP contribution in [-0.4, -0.2) is 105 Å². The average molecular weight is 756 g/mol. The van der Waals surface area contributed by atoms with Crippen molar-refractivity contribution in [3.63, 3.8) is 0 Å². The van der Waals surface area contributed by atoms with Crippen LogP contribution in [0.4, 0.5) is 4.79 Å².